The minimum absolute atomic E-state index is 0.0510. The van der Waals surface area contributed by atoms with Crippen LogP contribution in [0.5, 0.6) is 5.75 Å². The van der Waals surface area contributed by atoms with Gasteiger partial charge in [-0.1, -0.05) is 18.2 Å². The summed E-state index contributed by atoms with van der Waals surface area (Å²) < 4.78 is 34.2. The molecule has 3 aromatic carbocycles. The summed E-state index contributed by atoms with van der Waals surface area (Å²) in [6.07, 6.45) is 3.25. The Bertz CT molecular complexity index is 1470. The topological polar surface area (TPSA) is 95.4 Å². The van der Waals surface area contributed by atoms with Crippen molar-refractivity contribution in [1.82, 2.24) is 4.98 Å². The van der Waals surface area contributed by atoms with Crippen LogP contribution in [0.15, 0.2) is 60.8 Å². The third-order valence-corrected chi connectivity index (χ3v) is 6.65. The number of rotatable bonds is 6. The number of pyridine rings is 1. The number of aliphatic hydroxyl groups is 1. The molecule has 0 bridgehead atoms. The van der Waals surface area contributed by atoms with Crippen molar-refractivity contribution in [2.24, 2.45) is 5.73 Å². The van der Waals surface area contributed by atoms with E-state index in [4.69, 9.17) is 10.5 Å². The molecule has 1 aromatic heterocycles. The van der Waals surface area contributed by atoms with Gasteiger partial charge < -0.3 is 20.5 Å². The van der Waals surface area contributed by atoms with Crippen LogP contribution in [0.1, 0.15) is 18.4 Å². The number of nitrogens with two attached hydrogens (primary N) is 1. The number of aliphatic hydroxyl groups excluding tert-OH is 1. The lowest BCUT2D eigenvalue weighted by molar-refractivity contribution is 0.201. The first kappa shape index (κ1) is 24.6. The molecule has 0 aliphatic carbocycles. The van der Waals surface area contributed by atoms with E-state index in [2.05, 4.69) is 16.0 Å². The third-order valence-electron chi connectivity index (χ3n) is 6.65. The smallest absolute Gasteiger partial charge is 0.144 e. The summed E-state index contributed by atoms with van der Waals surface area (Å²) in [6.45, 7) is 1.26. The number of ether oxygens (including phenoxy) is 1. The largest absolute Gasteiger partial charge is 0.489 e. The molecule has 0 atom stereocenters. The van der Waals surface area contributed by atoms with Gasteiger partial charge in [-0.25, -0.2) is 8.78 Å². The predicted molar refractivity (Wildman–Crippen MR) is 139 cm³/mol. The number of benzene rings is 3. The minimum atomic E-state index is -0.658. The van der Waals surface area contributed by atoms with Crippen LogP contribution in [0, 0.1) is 23.0 Å². The van der Waals surface area contributed by atoms with Crippen molar-refractivity contribution >= 4 is 16.6 Å². The molecule has 1 saturated heterocycles. The second-order valence-electron chi connectivity index (χ2n) is 9.10. The quantitative estimate of drug-likeness (QED) is 0.386. The normalized spacial score (nSPS) is 14.1. The Balaban J connectivity index is 1.74. The van der Waals surface area contributed by atoms with E-state index in [0.717, 1.165) is 41.1 Å². The zero-order valence-electron chi connectivity index (χ0n) is 20.1. The van der Waals surface area contributed by atoms with Gasteiger partial charge in [0.15, 0.2) is 0 Å². The molecule has 0 saturated carbocycles. The number of nitriles is 1. The number of para-hydroxylation sites is 1. The van der Waals surface area contributed by atoms with Crippen molar-refractivity contribution in [2.75, 3.05) is 31.2 Å². The standard InChI is InChI=1S/C29H26F2N4O2/c30-21-12-20(13-22(31)15-21)26-17-34-27-5-4-18(14-25(27)28(26)35-8-6-23(33)7-9-35)24-3-1-2-19(16-32)29(24)37-11-10-36/h1-5,12-15,17,23,36H,6-11,33H2. The maximum absolute atomic E-state index is 14.2. The molecular weight excluding hydrogens is 474 g/mol. The van der Waals surface area contributed by atoms with Crippen LogP contribution in [0.25, 0.3) is 33.2 Å². The summed E-state index contributed by atoms with van der Waals surface area (Å²) in [5, 5.41) is 19.7. The molecular formula is C29H26F2N4O2. The van der Waals surface area contributed by atoms with Crippen molar-refractivity contribution in [2.45, 2.75) is 18.9 Å². The van der Waals surface area contributed by atoms with E-state index in [1.165, 1.54) is 12.1 Å². The molecule has 2 heterocycles. The maximum atomic E-state index is 14.2. The predicted octanol–water partition coefficient (Wildman–Crippen LogP) is 5.02. The van der Waals surface area contributed by atoms with Crippen LogP contribution in [0.2, 0.25) is 0 Å². The highest BCUT2D eigenvalue weighted by atomic mass is 19.1. The molecule has 0 spiro atoms. The van der Waals surface area contributed by atoms with E-state index in [1.807, 2.05) is 24.3 Å². The van der Waals surface area contributed by atoms with Gasteiger partial charge in [0.25, 0.3) is 0 Å². The Morgan fingerprint density at radius 3 is 2.49 bits per heavy atom. The fraction of sp³-hybridized carbons (Fsp3) is 0.241. The minimum Gasteiger partial charge on any atom is -0.489 e. The Morgan fingerprint density at radius 1 is 1.03 bits per heavy atom. The molecule has 0 radical (unpaired) electrons. The summed E-state index contributed by atoms with van der Waals surface area (Å²) in [5.41, 5.74) is 10.6. The van der Waals surface area contributed by atoms with Gasteiger partial charge in [0.1, 0.15) is 30.1 Å². The monoisotopic (exact) mass is 500 g/mol. The van der Waals surface area contributed by atoms with Gasteiger partial charge in [-0.2, -0.15) is 5.26 Å². The van der Waals surface area contributed by atoms with Crippen LogP contribution < -0.4 is 15.4 Å². The van der Waals surface area contributed by atoms with E-state index in [0.29, 0.717) is 41.1 Å². The molecule has 1 aliphatic rings. The fourth-order valence-corrected chi connectivity index (χ4v) is 4.89. The lowest BCUT2D eigenvalue weighted by Crippen LogP contribution is -2.40. The van der Waals surface area contributed by atoms with Crippen molar-refractivity contribution in [1.29, 1.82) is 5.26 Å². The summed E-state index contributed by atoms with van der Waals surface area (Å²) in [4.78, 5) is 6.81. The van der Waals surface area contributed by atoms with E-state index in [9.17, 15) is 19.1 Å². The highest BCUT2D eigenvalue weighted by molar-refractivity contribution is 6.02. The van der Waals surface area contributed by atoms with Gasteiger partial charge >= 0.3 is 0 Å². The molecule has 5 rings (SSSR count). The molecule has 37 heavy (non-hydrogen) atoms. The fourth-order valence-electron chi connectivity index (χ4n) is 4.89. The number of anilines is 1. The lowest BCUT2D eigenvalue weighted by Gasteiger charge is -2.34. The van der Waals surface area contributed by atoms with Crippen molar-refractivity contribution in [3.8, 4) is 34.1 Å². The summed E-state index contributed by atoms with van der Waals surface area (Å²) in [6, 6.07) is 16.8. The lowest BCUT2D eigenvalue weighted by atomic mass is 9.95. The van der Waals surface area contributed by atoms with Gasteiger partial charge in [-0.3, -0.25) is 4.98 Å². The maximum Gasteiger partial charge on any atom is 0.144 e. The van der Waals surface area contributed by atoms with Gasteiger partial charge in [-0.05, 0) is 54.3 Å². The zero-order chi connectivity index (χ0) is 25.9. The van der Waals surface area contributed by atoms with E-state index < -0.39 is 11.6 Å². The number of hydrogen-bond donors (Lipinski definition) is 2. The first-order valence-corrected chi connectivity index (χ1v) is 12.2. The number of hydrogen-bond acceptors (Lipinski definition) is 6. The number of nitrogens with zero attached hydrogens (tertiary/aromatic N) is 3. The second-order valence-corrected chi connectivity index (χ2v) is 9.10. The van der Waals surface area contributed by atoms with Crippen LogP contribution in [-0.2, 0) is 0 Å². The number of aromatic nitrogens is 1. The summed E-state index contributed by atoms with van der Waals surface area (Å²) >= 11 is 0. The molecule has 4 aromatic rings. The van der Waals surface area contributed by atoms with Gasteiger partial charge in [0, 0.05) is 47.9 Å². The van der Waals surface area contributed by atoms with E-state index in [1.54, 1.807) is 18.3 Å². The van der Waals surface area contributed by atoms with Crippen molar-refractivity contribution < 1.29 is 18.6 Å². The Labute approximate surface area is 213 Å². The van der Waals surface area contributed by atoms with E-state index in [-0.39, 0.29) is 19.3 Å². The number of halogens is 2. The van der Waals surface area contributed by atoms with Gasteiger partial charge in [0.05, 0.1) is 23.4 Å². The summed E-state index contributed by atoms with van der Waals surface area (Å²) in [7, 11) is 0. The zero-order valence-corrected chi connectivity index (χ0v) is 20.1. The molecule has 1 fully saturated rings. The summed E-state index contributed by atoms with van der Waals surface area (Å²) in [5.74, 6) is -0.927. The molecule has 1 aliphatic heterocycles. The number of piperidine rings is 1. The molecule has 188 valence electrons. The first-order valence-electron chi connectivity index (χ1n) is 12.2. The molecule has 8 heteroatoms. The molecule has 0 unspecified atom stereocenters. The SMILES string of the molecule is N#Cc1cccc(-c2ccc3ncc(-c4cc(F)cc(F)c4)c(N4CCC(N)CC4)c3c2)c1OCCO. The average Bonchev–Trinajstić information content (AvgIpc) is 2.90. The highest BCUT2D eigenvalue weighted by Gasteiger charge is 2.23. The van der Waals surface area contributed by atoms with Crippen LogP contribution in [0.3, 0.4) is 0 Å². The van der Waals surface area contributed by atoms with Crippen LogP contribution in [-0.4, -0.2) is 42.4 Å². The molecule has 6 nitrogen and oxygen atoms in total. The average molecular weight is 501 g/mol. The van der Waals surface area contributed by atoms with Gasteiger partial charge in [0.2, 0.25) is 0 Å². The van der Waals surface area contributed by atoms with Crippen LogP contribution >= 0.6 is 0 Å². The number of fused-ring (bicyclic) bond motifs is 1. The molecule has 3 N–H and O–H groups in total. The Kier molecular flexibility index (Phi) is 6.99. The third kappa shape index (κ3) is 4.96. The van der Waals surface area contributed by atoms with Crippen molar-refractivity contribution in [3.63, 3.8) is 0 Å². The molecule has 0 amide bonds. The second kappa shape index (κ2) is 10.5. The Hall–Kier alpha value is -4.06. The van der Waals surface area contributed by atoms with Crippen molar-refractivity contribution in [3.05, 3.63) is 78.0 Å². The van der Waals surface area contributed by atoms with E-state index >= 15 is 0 Å². The highest BCUT2D eigenvalue weighted by Crippen LogP contribution is 2.41. The Morgan fingerprint density at radius 2 is 1.78 bits per heavy atom. The van der Waals surface area contributed by atoms with Gasteiger partial charge in [-0.15, -0.1) is 0 Å². The first-order chi connectivity index (χ1) is 18.0. The van der Waals surface area contributed by atoms with Crippen LogP contribution in [0.4, 0.5) is 14.5 Å².